The highest BCUT2D eigenvalue weighted by atomic mass is 16.5. The molecule has 0 atom stereocenters. The molecule has 0 fully saturated rings. The highest BCUT2D eigenvalue weighted by Gasteiger charge is 2.17. The first-order chi connectivity index (χ1) is 15.2. The van der Waals surface area contributed by atoms with Gasteiger partial charge in [0.15, 0.2) is 5.65 Å². The Bertz CT molecular complexity index is 1120. The van der Waals surface area contributed by atoms with Crippen molar-refractivity contribution in [2.24, 2.45) is 0 Å². The number of aromatic nitrogens is 3. The predicted octanol–water partition coefficient (Wildman–Crippen LogP) is 3.43. The Kier molecular flexibility index (Phi) is 6.48. The van der Waals surface area contributed by atoms with E-state index in [1.54, 1.807) is 6.33 Å². The van der Waals surface area contributed by atoms with Gasteiger partial charge in [-0.2, -0.15) is 0 Å². The summed E-state index contributed by atoms with van der Waals surface area (Å²) in [6.07, 6.45) is 4.87. The fourth-order valence-electron chi connectivity index (χ4n) is 3.75. The van der Waals surface area contributed by atoms with E-state index in [1.165, 1.54) is 4.90 Å². The average molecular weight is 417 g/mol. The van der Waals surface area contributed by atoms with Crippen LogP contribution in [0.15, 0.2) is 67.1 Å². The van der Waals surface area contributed by atoms with Crippen LogP contribution in [-0.2, 0) is 0 Å². The maximum atomic E-state index is 5.60. The van der Waals surface area contributed by atoms with Crippen LogP contribution in [0.5, 0.6) is 5.75 Å². The van der Waals surface area contributed by atoms with Gasteiger partial charge < -0.3 is 19.5 Å². The van der Waals surface area contributed by atoms with E-state index in [0.29, 0.717) is 6.61 Å². The molecule has 0 aliphatic heterocycles. The number of hydrogen-bond donors (Lipinski definition) is 2. The number of rotatable bonds is 9. The molecule has 4 rings (SSSR count). The van der Waals surface area contributed by atoms with E-state index in [2.05, 4.69) is 76.5 Å². The average Bonchev–Trinajstić information content (AvgIpc) is 3.18. The van der Waals surface area contributed by atoms with Crippen LogP contribution >= 0.6 is 0 Å². The highest BCUT2D eigenvalue weighted by molar-refractivity contribution is 6.02. The van der Waals surface area contributed by atoms with Gasteiger partial charge in [-0.05, 0) is 36.8 Å². The fraction of sp³-hybridized carbons (Fsp3) is 0.280. The third-order valence-electron chi connectivity index (χ3n) is 5.24. The van der Waals surface area contributed by atoms with E-state index in [0.717, 1.165) is 58.9 Å². The molecule has 2 aromatic carbocycles. The first-order valence-corrected chi connectivity index (χ1v) is 10.8. The third-order valence-corrected chi connectivity index (χ3v) is 5.24. The molecule has 6 heteroatoms. The molecule has 0 saturated heterocycles. The van der Waals surface area contributed by atoms with Gasteiger partial charge in [0.2, 0.25) is 0 Å². The van der Waals surface area contributed by atoms with Gasteiger partial charge in [0.25, 0.3) is 0 Å². The van der Waals surface area contributed by atoms with Gasteiger partial charge in [0.05, 0.1) is 32.6 Å². The molecular weight excluding hydrogens is 386 g/mol. The van der Waals surface area contributed by atoms with Crippen LogP contribution in [0.25, 0.3) is 27.8 Å². The predicted molar refractivity (Wildman–Crippen MR) is 126 cm³/mol. The molecule has 0 aliphatic carbocycles. The van der Waals surface area contributed by atoms with Crippen LogP contribution in [0.1, 0.15) is 13.3 Å². The van der Waals surface area contributed by atoms with Crippen molar-refractivity contribution < 1.29 is 9.64 Å². The van der Waals surface area contributed by atoms with Gasteiger partial charge in [0, 0.05) is 30.4 Å². The molecule has 2 N–H and O–H groups in total. The second-order valence-corrected chi connectivity index (χ2v) is 7.86. The lowest BCUT2D eigenvalue weighted by atomic mass is 10.1. The zero-order valence-corrected chi connectivity index (χ0v) is 18.4. The number of ether oxygens (including phenoxy) is 1. The second-order valence-electron chi connectivity index (χ2n) is 7.86. The first-order valence-electron chi connectivity index (χ1n) is 10.8. The summed E-state index contributed by atoms with van der Waals surface area (Å²) in [7, 11) is 4.35. The van der Waals surface area contributed by atoms with E-state index in [-0.39, 0.29) is 0 Å². The Balaban J connectivity index is 1.78. The number of quaternary nitrogens is 1. The van der Waals surface area contributed by atoms with Crippen molar-refractivity contribution in [3.8, 4) is 22.6 Å². The molecule has 0 radical (unpaired) electrons. The van der Waals surface area contributed by atoms with Crippen LogP contribution in [-0.4, -0.2) is 48.3 Å². The zero-order valence-electron chi connectivity index (χ0n) is 18.4. The number of anilines is 1. The Hall–Kier alpha value is -3.38. The lowest BCUT2D eigenvalue weighted by Crippen LogP contribution is -3.05. The first kappa shape index (κ1) is 20.9. The van der Waals surface area contributed by atoms with Crippen LogP contribution in [0, 0.1) is 0 Å². The van der Waals surface area contributed by atoms with Crippen molar-refractivity contribution in [3.05, 3.63) is 67.1 Å². The maximum Gasteiger partial charge on any atom is 0.150 e. The Labute approximate surface area is 183 Å². The summed E-state index contributed by atoms with van der Waals surface area (Å²) in [6, 6.07) is 18.5. The van der Waals surface area contributed by atoms with Gasteiger partial charge in [0.1, 0.15) is 17.9 Å². The van der Waals surface area contributed by atoms with Crippen LogP contribution in [0.2, 0.25) is 0 Å². The Morgan fingerprint density at radius 1 is 1.00 bits per heavy atom. The fourth-order valence-corrected chi connectivity index (χ4v) is 3.75. The smallest absolute Gasteiger partial charge is 0.150 e. The Morgan fingerprint density at radius 2 is 1.77 bits per heavy atom. The van der Waals surface area contributed by atoms with Gasteiger partial charge >= 0.3 is 0 Å². The molecule has 0 spiro atoms. The molecule has 2 aromatic heterocycles. The third kappa shape index (κ3) is 4.70. The number of fused-ring (bicyclic) bond motifs is 1. The molecule has 31 heavy (non-hydrogen) atoms. The van der Waals surface area contributed by atoms with Crippen molar-refractivity contribution in [2.75, 3.05) is 39.1 Å². The summed E-state index contributed by atoms with van der Waals surface area (Å²) in [5, 5.41) is 4.59. The van der Waals surface area contributed by atoms with Gasteiger partial charge in [-0.1, -0.05) is 30.3 Å². The molecule has 0 bridgehead atoms. The molecule has 2 heterocycles. The second kappa shape index (κ2) is 9.62. The summed E-state index contributed by atoms with van der Waals surface area (Å²) in [5.74, 6) is 1.74. The van der Waals surface area contributed by atoms with Crippen molar-refractivity contribution in [2.45, 2.75) is 13.3 Å². The standard InChI is InChI=1S/C25H29N5O/c1-4-31-21-13-11-20(12-14-21)30-17-22(19-9-6-5-7-10-19)23-24(27-18-28-25(23)30)26-15-8-16-29(2)3/h5-7,9-14,17-18H,4,8,15-16H2,1-3H3,(H,26,27,28)/p+1. The van der Waals surface area contributed by atoms with Gasteiger partial charge in [-0.25, -0.2) is 9.97 Å². The summed E-state index contributed by atoms with van der Waals surface area (Å²) >= 11 is 0. The van der Waals surface area contributed by atoms with E-state index < -0.39 is 0 Å². The number of nitrogens with one attached hydrogen (secondary N) is 2. The van der Waals surface area contributed by atoms with Crippen molar-refractivity contribution in [3.63, 3.8) is 0 Å². The summed E-state index contributed by atoms with van der Waals surface area (Å²) in [6.45, 7) is 4.63. The molecule has 160 valence electrons. The quantitative estimate of drug-likeness (QED) is 0.411. The number of benzene rings is 2. The van der Waals surface area contributed by atoms with Gasteiger partial charge in [-0.3, -0.25) is 0 Å². The monoisotopic (exact) mass is 416 g/mol. The van der Waals surface area contributed by atoms with Crippen molar-refractivity contribution in [1.82, 2.24) is 14.5 Å². The van der Waals surface area contributed by atoms with Gasteiger partial charge in [-0.15, -0.1) is 0 Å². The lowest BCUT2D eigenvalue weighted by Gasteiger charge is -2.10. The van der Waals surface area contributed by atoms with Crippen LogP contribution in [0.4, 0.5) is 5.82 Å². The minimum absolute atomic E-state index is 0.654. The molecule has 0 saturated carbocycles. The van der Waals surface area contributed by atoms with E-state index >= 15 is 0 Å². The Morgan fingerprint density at radius 3 is 2.48 bits per heavy atom. The van der Waals surface area contributed by atoms with Crippen LogP contribution < -0.4 is 15.0 Å². The normalized spacial score (nSPS) is 11.2. The largest absolute Gasteiger partial charge is 0.494 e. The molecular formula is C25H30N5O+. The lowest BCUT2D eigenvalue weighted by molar-refractivity contribution is -0.858. The van der Waals surface area contributed by atoms with Crippen molar-refractivity contribution >= 4 is 16.9 Å². The van der Waals surface area contributed by atoms with E-state index in [1.807, 2.05) is 25.1 Å². The van der Waals surface area contributed by atoms with E-state index in [4.69, 9.17) is 4.74 Å². The summed E-state index contributed by atoms with van der Waals surface area (Å²) < 4.78 is 7.73. The van der Waals surface area contributed by atoms with Crippen molar-refractivity contribution in [1.29, 1.82) is 0 Å². The molecule has 0 amide bonds. The molecule has 6 nitrogen and oxygen atoms in total. The van der Waals surface area contributed by atoms with E-state index in [9.17, 15) is 0 Å². The highest BCUT2D eigenvalue weighted by Crippen LogP contribution is 2.35. The molecule has 0 unspecified atom stereocenters. The minimum Gasteiger partial charge on any atom is -0.494 e. The topological polar surface area (TPSA) is 56.4 Å². The summed E-state index contributed by atoms with van der Waals surface area (Å²) in [5.41, 5.74) is 4.19. The molecule has 0 aliphatic rings. The minimum atomic E-state index is 0.654. The SMILES string of the molecule is CCOc1ccc(-n2cc(-c3ccccc3)c3c(NCCC[NH+](C)C)ncnc32)cc1. The maximum absolute atomic E-state index is 5.60. The molecule has 4 aromatic rings. The van der Waals surface area contributed by atoms with Crippen LogP contribution in [0.3, 0.4) is 0 Å². The summed E-state index contributed by atoms with van der Waals surface area (Å²) in [4.78, 5) is 10.7. The zero-order chi connectivity index (χ0) is 21.6. The number of hydrogen-bond acceptors (Lipinski definition) is 4. The number of nitrogens with zero attached hydrogens (tertiary/aromatic N) is 3.